The third-order valence-electron chi connectivity index (χ3n) is 6.96. The van der Waals surface area contributed by atoms with Gasteiger partial charge in [0, 0.05) is 23.6 Å². The number of aliphatic imine (C=N–C) groups is 1. The Bertz CT molecular complexity index is 1450. The average Bonchev–Trinajstić information content (AvgIpc) is 3.48. The van der Waals surface area contributed by atoms with Gasteiger partial charge in [0.15, 0.2) is 0 Å². The molecule has 188 valence electrons. The number of hydrogen-bond acceptors (Lipinski definition) is 5. The zero-order valence-electron chi connectivity index (χ0n) is 20.7. The highest BCUT2D eigenvalue weighted by molar-refractivity contribution is 6.05. The van der Waals surface area contributed by atoms with Gasteiger partial charge in [-0.3, -0.25) is 4.79 Å². The lowest BCUT2D eigenvalue weighted by Crippen LogP contribution is -2.33. The molecule has 3 N–H and O–H groups in total. The van der Waals surface area contributed by atoms with E-state index in [4.69, 9.17) is 9.84 Å². The number of aromatic carboxylic acids is 1. The predicted octanol–water partition coefficient (Wildman–Crippen LogP) is 5.79. The summed E-state index contributed by atoms with van der Waals surface area (Å²) in [6.07, 6.45) is 5.37. The smallest absolute Gasteiger partial charge is 0.335 e. The first kappa shape index (κ1) is 24.3. The number of carboxylic acids is 1. The highest BCUT2D eigenvalue weighted by Gasteiger charge is 2.41. The number of nitrogens with one attached hydrogen (secondary N) is 1. The topological polar surface area (TPSA) is 112 Å². The van der Waals surface area contributed by atoms with Crippen LogP contribution in [0, 0.1) is 5.92 Å². The highest BCUT2D eigenvalue weighted by Crippen LogP contribution is 2.49. The first-order valence-electron chi connectivity index (χ1n) is 12.3. The number of esters is 1. The van der Waals surface area contributed by atoms with Crippen LogP contribution in [0.5, 0.6) is 5.75 Å². The van der Waals surface area contributed by atoms with Crippen molar-refractivity contribution in [2.45, 2.75) is 32.6 Å². The van der Waals surface area contributed by atoms with Crippen molar-refractivity contribution in [3.05, 3.63) is 100 Å². The number of hydrogen-bond donors (Lipinski definition) is 3. The number of carboxylic acid groups (broad SMARTS) is 1. The summed E-state index contributed by atoms with van der Waals surface area (Å²) in [7, 11) is 0. The summed E-state index contributed by atoms with van der Waals surface area (Å²) < 4.78 is 5.39. The van der Waals surface area contributed by atoms with E-state index in [2.05, 4.69) is 22.1 Å². The van der Waals surface area contributed by atoms with Gasteiger partial charge in [-0.25, -0.2) is 9.79 Å². The highest BCUT2D eigenvalue weighted by atomic mass is 16.5. The van der Waals surface area contributed by atoms with E-state index in [0.717, 1.165) is 28.7 Å². The van der Waals surface area contributed by atoms with E-state index in [1.807, 2.05) is 37.3 Å². The maximum Gasteiger partial charge on any atom is 0.335 e. The number of carbonyl (C=O) groups is 2. The first-order valence-corrected chi connectivity index (χ1v) is 12.3. The van der Waals surface area contributed by atoms with Crippen LogP contribution in [0.2, 0.25) is 0 Å². The maximum atomic E-state index is 13.0. The molecule has 2 aromatic carbocycles. The third kappa shape index (κ3) is 4.60. The number of aromatic nitrogens is 1. The van der Waals surface area contributed by atoms with Gasteiger partial charge in [-0.15, -0.1) is 0 Å². The Kier molecular flexibility index (Phi) is 6.53. The Morgan fingerprint density at radius 2 is 1.84 bits per heavy atom. The van der Waals surface area contributed by atoms with Gasteiger partial charge in [-0.05, 0) is 49.1 Å². The lowest BCUT2D eigenvalue weighted by Gasteiger charge is -2.29. The molecule has 0 saturated carbocycles. The van der Waals surface area contributed by atoms with Crippen molar-refractivity contribution in [2.75, 3.05) is 6.61 Å². The van der Waals surface area contributed by atoms with E-state index < -0.39 is 17.8 Å². The number of allylic oxidation sites excluding steroid dienone is 4. The summed E-state index contributed by atoms with van der Waals surface area (Å²) in [5.41, 5.74) is 6.11. The predicted molar refractivity (Wildman–Crippen MR) is 141 cm³/mol. The second kappa shape index (κ2) is 9.93. The van der Waals surface area contributed by atoms with Gasteiger partial charge in [0.1, 0.15) is 17.5 Å². The van der Waals surface area contributed by atoms with Crippen LogP contribution in [-0.2, 0) is 16.0 Å². The minimum absolute atomic E-state index is 0.120. The SMILES string of the molecule is CCOC(=O)C1C(C)=Nc2[nH]c(CC3=CC(c4ccc(C(=O)O)cc4)=CC3)c(O)c2C1c1ccccc1. The number of aromatic hydroxyl groups is 1. The normalized spacial score (nSPS) is 18.5. The second-order valence-electron chi connectivity index (χ2n) is 9.31. The lowest BCUT2D eigenvalue weighted by atomic mass is 9.77. The fraction of sp³-hybridized carbons (Fsp3) is 0.233. The summed E-state index contributed by atoms with van der Waals surface area (Å²) in [5, 5.41) is 20.5. The molecule has 2 atom stereocenters. The Morgan fingerprint density at radius 1 is 1.11 bits per heavy atom. The minimum Gasteiger partial charge on any atom is -0.506 e. The zero-order valence-corrected chi connectivity index (χ0v) is 20.7. The molecule has 37 heavy (non-hydrogen) atoms. The molecule has 7 nitrogen and oxygen atoms in total. The summed E-state index contributed by atoms with van der Waals surface area (Å²) in [6.45, 7) is 3.87. The van der Waals surface area contributed by atoms with E-state index >= 15 is 0 Å². The number of nitrogens with zero attached hydrogens (tertiary/aromatic N) is 1. The van der Waals surface area contributed by atoms with Crippen molar-refractivity contribution in [3.8, 4) is 5.75 Å². The molecule has 5 rings (SSSR count). The van der Waals surface area contributed by atoms with Crippen LogP contribution >= 0.6 is 0 Å². The van der Waals surface area contributed by atoms with Crippen molar-refractivity contribution in [1.82, 2.24) is 4.98 Å². The fourth-order valence-electron chi connectivity index (χ4n) is 5.20. The number of carbonyl (C=O) groups excluding carboxylic acids is 1. The monoisotopic (exact) mass is 496 g/mol. The molecule has 0 spiro atoms. The number of rotatable bonds is 7. The Hall–Kier alpha value is -4.39. The van der Waals surface area contributed by atoms with Crippen molar-refractivity contribution in [2.24, 2.45) is 10.9 Å². The number of benzene rings is 2. The van der Waals surface area contributed by atoms with Crippen molar-refractivity contribution in [1.29, 1.82) is 0 Å². The van der Waals surface area contributed by atoms with E-state index in [0.29, 0.717) is 29.2 Å². The number of aromatic amines is 1. The van der Waals surface area contributed by atoms with E-state index in [1.165, 1.54) is 0 Å². The van der Waals surface area contributed by atoms with Crippen LogP contribution in [0.1, 0.15) is 58.9 Å². The molecule has 2 aliphatic rings. The standard InChI is InChI=1S/C30H28N2O5/c1-3-37-30(36)24-17(2)31-28-26(25(24)20-7-5-4-6-8-20)27(33)23(32-28)16-18-9-10-22(15-18)19-11-13-21(14-12-19)29(34)35/h4-8,10-15,24-25,32-33H,3,9,16H2,1-2H3,(H,34,35). The Morgan fingerprint density at radius 3 is 2.51 bits per heavy atom. The van der Waals surface area contributed by atoms with E-state index in [1.54, 1.807) is 31.2 Å². The van der Waals surface area contributed by atoms with Crippen molar-refractivity contribution in [3.63, 3.8) is 0 Å². The fourth-order valence-corrected chi connectivity index (χ4v) is 5.20. The summed E-state index contributed by atoms with van der Waals surface area (Å²) in [4.78, 5) is 32.1. The van der Waals surface area contributed by atoms with E-state index in [-0.39, 0.29) is 23.9 Å². The molecule has 0 saturated heterocycles. The number of ether oxygens (including phenoxy) is 1. The Balaban J connectivity index is 1.46. The number of fused-ring (bicyclic) bond motifs is 1. The van der Waals surface area contributed by atoms with Gasteiger partial charge >= 0.3 is 11.9 Å². The molecule has 2 heterocycles. The summed E-state index contributed by atoms with van der Waals surface area (Å²) in [5.74, 6) is -1.67. The molecule has 0 radical (unpaired) electrons. The summed E-state index contributed by atoms with van der Waals surface area (Å²) in [6, 6.07) is 16.5. The van der Waals surface area contributed by atoms with Crippen molar-refractivity contribution < 1.29 is 24.5 Å². The van der Waals surface area contributed by atoms with Crippen LogP contribution in [0.25, 0.3) is 5.57 Å². The van der Waals surface area contributed by atoms with Crippen molar-refractivity contribution >= 4 is 29.0 Å². The molecule has 3 aromatic rings. The van der Waals surface area contributed by atoms with Crippen LogP contribution < -0.4 is 0 Å². The molecule has 0 bridgehead atoms. The Labute approximate surface area is 214 Å². The first-order chi connectivity index (χ1) is 17.9. The second-order valence-corrected chi connectivity index (χ2v) is 9.31. The maximum absolute atomic E-state index is 13.0. The van der Waals surface area contributed by atoms with Gasteiger partial charge < -0.3 is 19.9 Å². The number of H-pyrrole nitrogens is 1. The molecule has 1 aliphatic carbocycles. The quantitative estimate of drug-likeness (QED) is 0.358. The average molecular weight is 497 g/mol. The molecule has 0 amide bonds. The zero-order chi connectivity index (χ0) is 26.1. The molecule has 0 fully saturated rings. The molecular weight excluding hydrogens is 468 g/mol. The lowest BCUT2D eigenvalue weighted by molar-refractivity contribution is -0.146. The molecule has 2 unspecified atom stereocenters. The van der Waals surface area contributed by atoms with Crippen LogP contribution in [-0.4, -0.2) is 39.5 Å². The van der Waals surface area contributed by atoms with E-state index in [9.17, 15) is 14.7 Å². The third-order valence-corrected chi connectivity index (χ3v) is 6.96. The van der Waals surface area contributed by atoms with Gasteiger partial charge in [-0.1, -0.05) is 60.2 Å². The van der Waals surface area contributed by atoms with Gasteiger partial charge in [-0.2, -0.15) is 0 Å². The molecule has 1 aliphatic heterocycles. The van der Waals surface area contributed by atoms with Gasteiger partial charge in [0.05, 0.1) is 17.9 Å². The molecule has 1 aromatic heterocycles. The largest absolute Gasteiger partial charge is 0.506 e. The van der Waals surface area contributed by atoms with Gasteiger partial charge in [0.25, 0.3) is 0 Å². The van der Waals surface area contributed by atoms with Crippen LogP contribution in [0.3, 0.4) is 0 Å². The van der Waals surface area contributed by atoms with Crippen LogP contribution in [0.4, 0.5) is 5.82 Å². The summed E-state index contributed by atoms with van der Waals surface area (Å²) >= 11 is 0. The molecular formula is C30H28N2O5. The molecule has 7 heteroatoms. The van der Waals surface area contributed by atoms with Gasteiger partial charge in [0.2, 0.25) is 0 Å². The van der Waals surface area contributed by atoms with Crippen LogP contribution in [0.15, 0.2) is 77.3 Å². The minimum atomic E-state index is -0.953.